The lowest BCUT2D eigenvalue weighted by Gasteiger charge is -2.28. The van der Waals surface area contributed by atoms with Crippen molar-refractivity contribution < 1.29 is 5.11 Å². The van der Waals surface area contributed by atoms with Crippen molar-refractivity contribution >= 4 is 0 Å². The van der Waals surface area contributed by atoms with E-state index in [1.54, 1.807) is 6.07 Å². The van der Waals surface area contributed by atoms with Crippen molar-refractivity contribution in [2.45, 2.75) is 46.2 Å². The summed E-state index contributed by atoms with van der Waals surface area (Å²) < 4.78 is 0. The van der Waals surface area contributed by atoms with Crippen molar-refractivity contribution in [3.63, 3.8) is 0 Å². The molecule has 116 valence electrons. The summed E-state index contributed by atoms with van der Waals surface area (Å²) in [6.45, 7) is 8.87. The molecule has 1 aromatic heterocycles. The Labute approximate surface area is 131 Å². The van der Waals surface area contributed by atoms with E-state index in [0.29, 0.717) is 11.7 Å². The summed E-state index contributed by atoms with van der Waals surface area (Å²) in [6, 6.07) is 5.77. The third-order valence-corrected chi connectivity index (χ3v) is 4.18. The van der Waals surface area contributed by atoms with Gasteiger partial charge in [-0.15, -0.1) is 0 Å². The van der Waals surface area contributed by atoms with Gasteiger partial charge in [0.2, 0.25) is 0 Å². The van der Waals surface area contributed by atoms with Crippen molar-refractivity contribution in [1.29, 1.82) is 0 Å². The molecular weight excluding hydrogens is 274 g/mol. The van der Waals surface area contributed by atoms with Gasteiger partial charge >= 0.3 is 0 Å². The van der Waals surface area contributed by atoms with E-state index in [2.05, 4.69) is 36.7 Å². The fourth-order valence-electron chi connectivity index (χ4n) is 2.88. The third kappa shape index (κ3) is 3.12. The van der Waals surface area contributed by atoms with Crippen LogP contribution in [-0.2, 0) is 19.5 Å². The monoisotopic (exact) mass is 297 g/mol. The van der Waals surface area contributed by atoms with Gasteiger partial charge in [0.15, 0.2) is 0 Å². The Bertz CT molecular complexity index is 682. The summed E-state index contributed by atoms with van der Waals surface area (Å²) in [4.78, 5) is 11.5. The first-order valence-corrected chi connectivity index (χ1v) is 7.88. The van der Waals surface area contributed by atoms with E-state index < -0.39 is 0 Å². The largest absolute Gasteiger partial charge is 0.508 e. The average Bonchev–Trinajstić information content (AvgIpc) is 2.50. The van der Waals surface area contributed by atoms with Gasteiger partial charge in [0, 0.05) is 55.0 Å². The van der Waals surface area contributed by atoms with Gasteiger partial charge < -0.3 is 5.11 Å². The second-order valence-corrected chi connectivity index (χ2v) is 6.45. The highest BCUT2D eigenvalue weighted by molar-refractivity contribution is 5.35. The van der Waals surface area contributed by atoms with E-state index in [9.17, 15) is 5.11 Å². The smallest absolute Gasteiger partial charge is 0.131 e. The van der Waals surface area contributed by atoms with Gasteiger partial charge in [0.1, 0.15) is 11.6 Å². The molecule has 1 aromatic carbocycles. The standard InChI is InChI=1S/C18H23N3O/c1-12(2)18-19-9-15-11-21(7-6-16(15)20-18)10-14-8-13(3)4-5-17(14)22/h4-5,8-9,12,22H,6-7,10-11H2,1-3H3. The molecule has 0 saturated carbocycles. The van der Waals surface area contributed by atoms with Crippen LogP contribution in [0.25, 0.3) is 0 Å². The number of aryl methyl sites for hydroxylation is 1. The maximum atomic E-state index is 10.0. The molecule has 2 aromatic rings. The molecule has 22 heavy (non-hydrogen) atoms. The lowest BCUT2D eigenvalue weighted by atomic mass is 10.0. The van der Waals surface area contributed by atoms with Gasteiger partial charge in [-0.05, 0) is 13.0 Å². The number of rotatable bonds is 3. The van der Waals surface area contributed by atoms with E-state index in [0.717, 1.165) is 37.4 Å². The first-order chi connectivity index (χ1) is 10.5. The highest BCUT2D eigenvalue weighted by atomic mass is 16.3. The molecule has 4 nitrogen and oxygen atoms in total. The number of nitrogens with zero attached hydrogens (tertiary/aromatic N) is 3. The van der Waals surface area contributed by atoms with E-state index >= 15 is 0 Å². The summed E-state index contributed by atoms with van der Waals surface area (Å²) in [5.74, 6) is 1.68. The van der Waals surface area contributed by atoms with Crippen molar-refractivity contribution in [2.24, 2.45) is 0 Å². The molecule has 0 radical (unpaired) electrons. The SMILES string of the molecule is Cc1ccc(O)c(CN2CCc3nc(C(C)C)ncc3C2)c1. The topological polar surface area (TPSA) is 49.2 Å². The number of aromatic nitrogens is 2. The van der Waals surface area contributed by atoms with E-state index in [1.165, 1.54) is 16.8 Å². The Balaban J connectivity index is 1.76. The quantitative estimate of drug-likeness (QED) is 0.945. The molecule has 1 aliphatic heterocycles. The Hall–Kier alpha value is -1.94. The van der Waals surface area contributed by atoms with Gasteiger partial charge in [0.05, 0.1) is 0 Å². The van der Waals surface area contributed by atoms with Crippen molar-refractivity contribution in [3.05, 3.63) is 52.6 Å². The van der Waals surface area contributed by atoms with E-state index in [-0.39, 0.29) is 0 Å². The van der Waals surface area contributed by atoms with E-state index in [4.69, 9.17) is 4.98 Å². The van der Waals surface area contributed by atoms with Crippen LogP contribution in [0.2, 0.25) is 0 Å². The molecule has 0 bridgehead atoms. The van der Waals surface area contributed by atoms with Crippen LogP contribution < -0.4 is 0 Å². The summed E-state index contributed by atoms with van der Waals surface area (Å²) >= 11 is 0. The van der Waals surface area contributed by atoms with Crippen molar-refractivity contribution in [3.8, 4) is 5.75 Å². The molecule has 1 aliphatic rings. The molecule has 3 rings (SSSR count). The number of phenolic OH excluding ortho intramolecular Hbond substituents is 1. The van der Waals surface area contributed by atoms with E-state index in [1.807, 2.05) is 12.3 Å². The summed E-state index contributed by atoms with van der Waals surface area (Å²) in [6.07, 6.45) is 2.92. The summed E-state index contributed by atoms with van der Waals surface area (Å²) in [7, 11) is 0. The molecule has 0 spiro atoms. The number of phenols is 1. The molecule has 0 fully saturated rings. The lowest BCUT2D eigenvalue weighted by molar-refractivity contribution is 0.239. The van der Waals surface area contributed by atoms with Crippen LogP contribution in [0.4, 0.5) is 0 Å². The van der Waals surface area contributed by atoms with Crippen LogP contribution in [0.5, 0.6) is 5.75 Å². The minimum Gasteiger partial charge on any atom is -0.508 e. The van der Waals surface area contributed by atoms with Crippen molar-refractivity contribution in [1.82, 2.24) is 14.9 Å². The molecular formula is C18H23N3O. The van der Waals surface area contributed by atoms with Gasteiger partial charge in [0.25, 0.3) is 0 Å². The lowest BCUT2D eigenvalue weighted by Crippen LogP contribution is -2.31. The van der Waals surface area contributed by atoms with Crippen LogP contribution >= 0.6 is 0 Å². The molecule has 1 N–H and O–H groups in total. The Morgan fingerprint density at radius 1 is 1.32 bits per heavy atom. The number of hydrogen-bond donors (Lipinski definition) is 1. The third-order valence-electron chi connectivity index (χ3n) is 4.18. The fourth-order valence-corrected chi connectivity index (χ4v) is 2.88. The van der Waals surface area contributed by atoms with Crippen LogP contribution in [-0.4, -0.2) is 26.5 Å². The number of fused-ring (bicyclic) bond motifs is 1. The zero-order valence-corrected chi connectivity index (χ0v) is 13.5. The fraction of sp³-hybridized carbons (Fsp3) is 0.444. The maximum Gasteiger partial charge on any atom is 0.131 e. The molecule has 2 heterocycles. The summed E-state index contributed by atoms with van der Waals surface area (Å²) in [5, 5.41) is 10.0. The first-order valence-electron chi connectivity index (χ1n) is 7.88. The number of aromatic hydroxyl groups is 1. The van der Waals surface area contributed by atoms with Gasteiger partial charge in [-0.3, -0.25) is 4.90 Å². The molecule has 0 aliphatic carbocycles. The minimum atomic E-state index is 0.368. The predicted octanol–water partition coefficient (Wildman–Crippen LogP) is 3.17. The Morgan fingerprint density at radius 2 is 2.14 bits per heavy atom. The summed E-state index contributed by atoms with van der Waals surface area (Å²) in [5.41, 5.74) is 4.56. The van der Waals surface area contributed by atoms with Gasteiger partial charge in [-0.25, -0.2) is 9.97 Å². The first kappa shape index (κ1) is 15.0. The highest BCUT2D eigenvalue weighted by Crippen LogP contribution is 2.24. The molecule has 0 atom stereocenters. The average molecular weight is 297 g/mol. The Kier molecular flexibility index (Phi) is 4.12. The number of benzene rings is 1. The van der Waals surface area contributed by atoms with Crippen LogP contribution in [0.15, 0.2) is 24.4 Å². The van der Waals surface area contributed by atoms with Crippen LogP contribution in [0.1, 0.15) is 48.0 Å². The zero-order valence-electron chi connectivity index (χ0n) is 13.5. The zero-order chi connectivity index (χ0) is 15.7. The predicted molar refractivity (Wildman–Crippen MR) is 86.8 cm³/mol. The molecule has 0 amide bonds. The normalized spacial score (nSPS) is 15.1. The Morgan fingerprint density at radius 3 is 2.91 bits per heavy atom. The second-order valence-electron chi connectivity index (χ2n) is 6.45. The molecule has 4 heteroatoms. The second kappa shape index (κ2) is 6.05. The minimum absolute atomic E-state index is 0.368. The molecule has 0 unspecified atom stereocenters. The number of hydrogen-bond acceptors (Lipinski definition) is 4. The highest BCUT2D eigenvalue weighted by Gasteiger charge is 2.20. The molecule has 0 saturated heterocycles. The van der Waals surface area contributed by atoms with Gasteiger partial charge in [-0.2, -0.15) is 0 Å². The maximum absolute atomic E-state index is 10.0. The van der Waals surface area contributed by atoms with Crippen LogP contribution in [0, 0.1) is 6.92 Å². The van der Waals surface area contributed by atoms with Crippen molar-refractivity contribution in [2.75, 3.05) is 6.54 Å². The van der Waals surface area contributed by atoms with Gasteiger partial charge in [-0.1, -0.05) is 31.5 Å². The van der Waals surface area contributed by atoms with Crippen LogP contribution in [0.3, 0.4) is 0 Å².